The highest BCUT2D eigenvalue weighted by molar-refractivity contribution is 7.10. The van der Waals surface area contributed by atoms with Crippen molar-refractivity contribution in [3.8, 4) is 22.6 Å². The molecule has 0 radical (unpaired) electrons. The predicted molar refractivity (Wildman–Crippen MR) is 154 cm³/mol. The molecule has 0 unspecified atom stereocenters. The van der Waals surface area contributed by atoms with Crippen LogP contribution in [0.4, 0.5) is 18.9 Å². The number of piperidine rings is 1. The summed E-state index contributed by atoms with van der Waals surface area (Å²) < 4.78 is 47.0. The van der Waals surface area contributed by atoms with E-state index in [1.54, 1.807) is 58.8 Å². The van der Waals surface area contributed by atoms with Crippen molar-refractivity contribution in [2.75, 3.05) is 25.0 Å². The van der Waals surface area contributed by atoms with E-state index in [1.165, 1.54) is 35.6 Å². The molecule has 0 bridgehead atoms. The average molecular weight is 616 g/mol. The van der Waals surface area contributed by atoms with Gasteiger partial charge in [-0.1, -0.05) is 48.0 Å². The van der Waals surface area contributed by atoms with Crippen LogP contribution in [0.2, 0.25) is 5.02 Å². The number of anilines is 1. The number of rotatable bonds is 8. The van der Waals surface area contributed by atoms with Crippen LogP contribution in [-0.2, 0) is 4.79 Å². The van der Waals surface area contributed by atoms with Crippen LogP contribution in [0.15, 0.2) is 78.2 Å². The molecule has 4 aromatic rings. The molecule has 5 rings (SSSR count). The third kappa shape index (κ3) is 7.59. The van der Waals surface area contributed by atoms with E-state index in [0.29, 0.717) is 53.5 Å². The van der Waals surface area contributed by atoms with Crippen LogP contribution in [0, 0.1) is 0 Å². The van der Waals surface area contributed by atoms with Crippen molar-refractivity contribution in [3.63, 3.8) is 0 Å². The van der Waals surface area contributed by atoms with Crippen molar-refractivity contribution in [2.24, 2.45) is 0 Å². The number of hydrogen-bond acceptors (Lipinski definition) is 6. The number of amides is 2. The number of para-hydroxylation sites is 1. The molecule has 1 N–H and O–H groups in total. The topological polar surface area (TPSA) is 80.8 Å². The third-order valence-electron chi connectivity index (χ3n) is 6.68. The van der Waals surface area contributed by atoms with Crippen molar-refractivity contribution < 1.29 is 32.2 Å². The van der Waals surface area contributed by atoms with Crippen molar-refractivity contribution in [1.82, 2.24) is 9.88 Å². The molecule has 0 spiro atoms. The molecule has 0 aliphatic carbocycles. The van der Waals surface area contributed by atoms with Gasteiger partial charge >= 0.3 is 6.36 Å². The average Bonchev–Trinajstić information content (AvgIpc) is 3.47. The van der Waals surface area contributed by atoms with Crippen molar-refractivity contribution in [2.45, 2.75) is 25.1 Å². The first-order valence-electron chi connectivity index (χ1n) is 13.0. The van der Waals surface area contributed by atoms with Gasteiger partial charge in [0.05, 0.1) is 5.01 Å². The molecule has 2 amide bonds. The van der Waals surface area contributed by atoms with Crippen molar-refractivity contribution in [1.29, 1.82) is 0 Å². The van der Waals surface area contributed by atoms with Crippen LogP contribution in [-0.4, -0.2) is 47.8 Å². The second-order valence-electron chi connectivity index (χ2n) is 9.54. The van der Waals surface area contributed by atoms with Gasteiger partial charge in [-0.15, -0.1) is 24.5 Å². The van der Waals surface area contributed by atoms with Gasteiger partial charge in [0.1, 0.15) is 17.2 Å². The highest BCUT2D eigenvalue weighted by Gasteiger charge is 2.31. The van der Waals surface area contributed by atoms with Crippen LogP contribution in [0.25, 0.3) is 11.1 Å². The Hall–Kier alpha value is -4.09. The molecule has 1 aromatic heterocycles. The van der Waals surface area contributed by atoms with Gasteiger partial charge in [0.15, 0.2) is 6.61 Å². The number of nitrogens with one attached hydrogen (secondary N) is 1. The Balaban J connectivity index is 1.16. The van der Waals surface area contributed by atoms with E-state index in [4.69, 9.17) is 16.3 Å². The quantitative estimate of drug-likeness (QED) is 0.223. The smallest absolute Gasteiger partial charge is 0.484 e. The fourth-order valence-corrected chi connectivity index (χ4v) is 5.77. The zero-order valence-electron chi connectivity index (χ0n) is 22.1. The minimum absolute atomic E-state index is 0.0699. The summed E-state index contributed by atoms with van der Waals surface area (Å²) >= 11 is 7.36. The number of thiazole rings is 1. The van der Waals surface area contributed by atoms with Crippen LogP contribution in [0.1, 0.15) is 34.3 Å². The van der Waals surface area contributed by atoms with Gasteiger partial charge in [-0.05, 0) is 54.8 Å². The molecule has 1 aliphatic heterocycles. The highest BCUT2D eigenvalue weighted by Crippen LogP contribution is 2.33. The van der Waals surface area contributed by atoms with Crippen LogP contribution < -0.4 is 14.8 Å². The molecule has 2 heterocycles. The third-order valence-corrected chi connectivity index (χ3v) is 7.93. The second-order valence-corrected chi connectivity index (χ2v) is 10.9. The lowest BCUT2D eigenvalue weighted by molar-refractivity contribution is -0.274. The van der Waals surface area contributed by atoms with E-state index in [-0.39, 0.29) is 29.9 Å². The Labute approximate surface area is 248 Å². The molecule has 1 saturated heterocycles. The Morgan fingerprint density at radius 3 is 2.45 bits per heavy atom. The molecule has 7 nitrogen and oxygen atoms in total. The number of carbonyl (C=O) groups is 2. The Bertz CT molecular complexity index is 1550. The van der Waals surface area contributed by atoms with Gasteiger partial charge in [0.2, 0.25) is 0 Å². The van der Waals surface area contributed by atoms with Gasteiger partial charge in [0, 0.05) is 40.7 Å². The number of halogens is 4. The molecule has 218 valence electrons. The maximum absolute atomic E-state index is 13.1. The van der Waals surface area contributed by atoms with Gasteiger partial charge in [0.25, 0.3) is 11.8 Å². The molecule has 1 fully saturated rings. The SMILES string of the molecule is O=C(Nc1ccccc1-c1ccc(OC(F)(F)F)cc1)c1csc(C2CCN(C(=O)COc3cccc(Cl)c3)CC2)n1. The number of hydrogen-bond donors (Lipinski definition) is 1. The summed E-state index contributed by atoms with van der Waals surface area (Å²) in [5, 5.41) is 5.93. The first-order valence-corrected chi connectivity index (χ1v) is 14.3. The summed E-state index contributed by atoms with van der Waals surface area (Å²) in [6.45, 7) is 1.05. The zero-order chi connectivity index (χ0) is 29.7. The number of benzene rings is 3. The first-order chi connectivity index (χ1) is 20.1. The van der Waals surface area contributed by atoms with E-state index < -0.39 is 12.3 Å². The number of ether oxygens (including phenoxy) is 2. The number of alkyl halides is 3. The fraction of sp³-hybridized carbons (Fsp3) is 0.233. The summed E-state index contributed by atoms with van der Waals surface area (Å²) in [4.78, 5) is 32.0. The minimum atomic E-state index is -4.78. The first kappa shape index (κ1) is 29.4. The van der Waals surface area contributed by atoms with E-state index in [0.717, 1.165) is 5.01 Å². The summed E-state index contributed by atoms with van der Waals surface area (Å²) in [6.07, 6.45) is -3.34. The minimum Gasteiger partial charge on any atom is -0.484 e. The van der Waals surface area contributed by atoms with Crippen LogP contribution >= 0.6 is 22.9 Å². The van der Waals surface area contributed by atoms with Crippen LogP contribution in [0.3, 0.4) is 0 Å². The second kappa shape index (κ2) is 12.8. The number of likely N-dealkylation sites (tertiary alicyclic amines) is 1. The lowest BCUT2D eigenvalue weighted by atomic mass is 9.97. The fourth-order valence-electron chi connectivity index (χ4n) is 4.61. The Morgan fingerprint density at radius 2 is 1.74 bits per heavy atom. The number of carbonyl (C=O) groups excluding carboxylic acids is 2. The predicted octanol–water partition coefficient (Wildman–Crippen LogP) is 7.40. The molecular formula is C30H25ClF3N3O4S. The lowest BCUT2D eigenvalue weighted by Gasteiger charge is -2.31. The molecule has 0 saturated carbocycles. The summed E-state index contributed by atoms with van der Waals surface area (Å²) in [5.41, 5.74) is 2.01. The normalized spacial score (nSPS) is 14.0. The Morgan fingerprint density at radius 1 is 1.00 bits per heavy atom. The highest BCUT2D eigenvalue weighted by atomic mass is 35.5. The molecule has 3 aromatic carbocycles. The maximum atomic E-state index is 13.1. The van der Waals surface area contributed by atoms with E-state index in [9.17, 15) is 22.8 Å². The van der Waals surface area contributed by atoms with Gasteiger partial charge in [-0.2, -0.15) is 0 Å². The standard InChI is InChI=1S/C30H25ClF3N3O4S/c31-21-4-3-5-23(16-21)40-17-27(38)37-14-12-20(13-15-37)29-36-26(18-42-29)28(39)35-25-7-2-1-6-24(25)19-8-10-22(11-9-19)41-30(32,33)34/h1-11,16,18,20H,12-15,17H2,(H,35,39). The van der Waals surface area contributed by atoms with E-state index in [1.807, 2.05) is 0 Å². The summed E-state index contributed by atoms with van der Waals surface area (Å²) in [5.74, 6) is -0.167. The number of aromatic nitrogens is 1. The van der Waals surface area contributed by atoms with E-state index >= 15 is 0 Å². The van der Waals surface area contributed by atoms with Gasteiger partial charge in [-0.3, -0.25) is 9.59 Å². The summed E-state index contributed by atoms with van der Waals surface area (Å²) in [6, 6.07) is 19.3. The van der Waals surface area contributed by atoms with Crippen molar-refractivity contribution >= 4 is 40.4 Å². The monoisotopic (exact) mass is 615 g/mol. The maximum Gasteiger partial charge on any atom is 0.573 e. The van der Waals surface area contributed by atoms with Gasteiger partial charge in [-0.25, -0.2) is 4.98 Å². The van der Waals surface area contributed by atoms with E-state index in [2.05, 4.69) is 15.0 Å². The summed E-state index contributed by atoms with van der Waals surface area (Å²) in [7, 11) is 0. The molecule has 0 atom stereocenters. The largest absolute Gasteiger partial charge is 0.573 e. The molecule has 42 heavy (non-hydrogen) atoms. The molecular weight excluding hydrogens is 591 g/mol. The number of nitrogens with zero attached hydrogens (tertiary/aromatic N) is 2. The molecule has 1 aliphatic rings. The molecule has 12 heteroatoms. The zero-order valence-corrected chi connectivity index (χ0v) is 23.6. The lowest BCUT2D eigenvalue weighted by Crippen LogP contribution is -2.40. The van der Waals surface area contributed by atoms with Gasteiger partial charge < -0.3 is 19.7 Å². The van der Waals surface area contributed by atoms with Crippen molar-refractivity contribution in [3.05, 3.63) is 93.9 Å². The Kier molecular flexibility index (Phi) is 8.98. The van der Waals surface area contributed by atoms with Crippen LogP contribution in [0.5, 0.6) is 11.5 Å².